The maximum atomic E-state index is 5.75. The fourth-order valence-electron chi connectivity index (χ4n) is 2.12. The van der Waals surface area contributed by atoms with Gasteiger partial charge < -0.3 is 9.64 Å². The molecule has 0 bridgehead atoms. The number of morpholine rings is 1. The highest BCUT2D eigenvalue weighted by Crippen LogP contribution is 2.27. The number of nitrogens with zero attached hydrogens (tertiary/aromatic N) is 3. The van der Waals surface area contributed by atoms with Crippen molar-refractivity contribution in [2.24, 2.45) is 0 Å². The van der Waals surface area contributed by atoms with Crippen LogP contribution in [0.1, 0.15) is 40.4 Å². The molecule has 2 rings (SSSR count). The molecule has 0 spiro atoms. The molecule has 0 amide bonds. The molecular weight excluding hydrogens is 306 g/mol. The van der Waals surface area contributed by atoms with Crippen molar-refractivity contribution in [1.82, 2.24) is 9.97 Å². The molecule has 1 aliphatic rings. The molecule has 1 aromatic rings. The predicted molar refractivity (Wildman–Crippen MR) is 80.7 cm³/mol. The molecule has 2 heterocycles. The molecular formula is C14H22BrN3O. The molecule has 0 atom stereocenters. The van der Waals surface area contributed by atoms with E-state index in [1.807, 2.05) is 6.07 Å². The van der Waals surface area contributed by atoms with Gasteiger partial charge in [0.1, 0.15) is 16.2 Å². The van der Waals surface area contributed by atoms with Gasteiger partial charge in [-0.05, 0) is 29.8 Å². The highest BCUT2D eigenvalue weighted by atomic mass is 79.9. The Bertz CT molecular complexity index is 468. The van der Waals surface area contributed by atoms with Crippen LogP contribution in [0.25, 0.3) is 0 Å². The van der Waals surface area contributed by atoms with Gasteiger partial charge >= 0.3 is 0 Å². The van der Waals surface area contributed by atoms with Gasteiger partial charge in [-0.1, -0.05) is 20.8 Å². The van der Waals surface area contributed by atoms with E-state index < -0.39 is 0 Å². The number of halogens is 1. The van der Waals surface area contributed by atoms with E-state index in [4.69, 9.17) is 9.72 Å². The summed E-state index contributed by atoms with van der Waals surface area (Å²) in [6.45, 7) is 13.1. The summed E-state index contributed by atoms with van der Waals surface area (Å²) in [5, 5.41) is 0. The van der Waals surface area contributed by atoms with Crippen LogP contribution in [0, 0.1) is 0 Å². The summed E-state index contributed by atoms with van der Waals surface area (Å²) < 4.78 is 6.59. The number of hydrogen-bond donors (Lipinski definition) is 0. The second kappa shape index (κ2) is 5.02. The molecule has 4 nitrogen and oxygen atoms in total. The molecule has 19 heavy (non-hydrogen) atoms. The summed E-state index contributed by atoms with van der Waals surface area (Å²) in [6.07, 6.45) is 0. The van der Waals surface area contributed by atoms with Crippen molar-refractivity contribution in [2.75, 3.05) is 24.6 Å². The van der Waals surface area contributed by atoms with Crippen molar-refractivity contribution in [3.8, 4) is 0 Å². The van der Waals surface area contributed by atoms with Crippen molar-refractivity contribution >= 4 is 21.7 Å². The molecule has 0 aliphatic carbocycles. The average Bonchev–Trinajstić information content (AvgIpc) is 2.25. The van der Waals surface area contributed by atoms with Gasteiger partial charge in [-0.25, -0.2) is 9.97 Å². The molecule has 1 fully saturated rings. The van der Waals surface area contributed by atoms with Crippen LogP contribution in [0.15, 0.2) is 10.7 Å². The van der Waals surface area contributed by atoms with Crippen molar-refractivity contribution in [1.29, 1.82) is 0 Å². The van der Waals surface area contributed by atoms with Crippen LogP contribution >= 0.6 is 15.9 Å². The van der Waals surface area contributed by atoms with E-state index in [0.29, 0.717) is 0 Å². The summed E-state index contributed by atoms with van der Waals surface area (Å²) in [7, 11) is 0. The van der Waals surface area contributed by atoms with E-state index in [1.165, 1.54) is 0 Å². The third-order valence-corrected chi connectivity index (χ3v) is 3.51. The summed E-state index contributed by atoms with van der Waals surface area (Å²) in [5.74, 6) is 1.84. The van der Waals surface area contributed by atoms with Gasteiger partial charge in [0.15, 0.2) is 0 Å². The second-order valence-corrected chi connectivity index (χ2v) is 7.46. The fraction of sp³-hybridized carbons (Fsp3) is 0.714. The van der Waals surface area contributed by atoms with Gasteiger partial charge in [0.25, 0.3) is 0 Å². The van der Waals surface area contributed by atoms with E-state index >= 15 is 0 Å². The lowest BCUT2D eigenvalue weighted by atomic mass is 9.96. The molecule has 5 heteroatoms. The summed E-state index contributed by atoms with van der Waals surface area (Å²) in [5.41, 5.74) is -0.183. The van der Waals surface area contributed by atoms with E-state index in [0.717, 1.165) is 35.9 Å². The van der Waals surface area contributed by atoms with Crippen LogP contribution in [0.3, 0.4) is 0 Å². The Kier molecular flexibility index (Phi) is 3.89. The predicted octanol–water partition coefficient (Wildman–Crippen LogP) is 3.15. The number of rotatable bonds is 1. The second-order valence-electron chi connectivity index (χ2n) is 6.65. The Labute approximate surface area is 123 Å². The van der Waals surface area contributed by atoms with Gasteiger partial charge in [0, 0.05) is 24.6 Å². The zero-order valence-corrected chi connectivity index (χ0v) is 13.9. The summed E-state index contributed by atoms with van der Waals surface area (Å²) in [6, 6.07) is 1.98. The van der Waals surface area contributed by atoms with Crippen LogP contribution in [0.2, 0.25) is 0 Å². The molecule has 0 aromatic carbocycles. The molecule has 0 saturated carbocycles. The Morgan fingerprint density at radius 1 is 1.32 bits per heavy atom. The van der Waals surface area contributed by atoms with Gasteiger partial charge in [0.2, 0.25) is 0 Å². The zero-order valence-electron chi connectivity index (χ0n) is 12.3. The van der Waals surface area contributed by atoms with Crippen LogP contribution in [0.5, 0.6) is 0 Å². The number of aromatic nitrogens is 2. The van der Waals surface area contributed by atoms with Crippen LogP contribution in [0.4, 0.5) is 5.82 Å². The van der Waals surface area contributed by atoms with Crippen molar-refractivity contribution in [3.63, 3.8) is 0 Å². The first-order valence-electron chi connectivity index (χ1n) is 6.61. The van der Waals surface area contributed by atoms with Gasteiger partial charge in [-0.3, -0.25) is 0 Å². The molecule has 1 aliphatic heterocycles. The first-order valence-corrected chi connectivity index (χ1v) is 7.41. The minimum absolute atomic E-state index is 0.0552. The Hall–Kier alpha value is -0.680. The molecule has 106 valence electrons. The van der Waals surface area contributed by atoms with Crippen LogP contribution in [-0.2, 0) is 10.2 Å². The van der Waals surface area contributed by atoms with Crippen LogP contribution < -0.4 is 4.90 Å². The SMILES string of the molecule is CC1(C)CN(c2cc(Br)nc(C(C)(C)C)n2)CCO1. The van der Waals surface area contributed by atoms with Crippen molar-refractivity contribution in [2.45, 2.75) is 45.6 Å². The number of hydrogen-bond acceptors (Lipinski definition) is 4. The molecule has 0 N–H and O–H groups in total. The number of ether oxygens (including phenoxy) is 1. The average molecular weight is 328 g/mol. The highest BCUT2D eigenvalue weighted by molar-refractivity contribution is 9.10. The lowest BCUT2D eigenvalue weighted by Crippen LogP contribution is -2.48. The minimum atomic E-state index is -0.127. The summed E-state index contributed by atoms with van der Waals surface area (Å²) in [4.78, 5) is 11.5. The van der Waals surface area contributed by atoms with E-state index in [2.05, 4.69) is 60.4 Å². The van der Waals surface area contributed by atoms with E-state index in [1.54, 1.807) is 0 Å². The first kappa shape index (κ1) is 14.7. The summed E-state index contributed by atoms with van der Waals surface area (Å²) >= 11 is 3.49. The van der Waals surface area contributed by atoms with Crippen LogP contribution in [-0.4, -0.2) is 35.3 Å². The quantitative estimate of drug-likeness (QED) is 0.743. The van der Waals surface area contributed by atoms with Crippen molar-refractivity contribution < 1.29 is 4.74 Å². The Morgan fingerprint density at radius 3 is 2.58 bits per heavy atom. The molecule has 0 radical (unpaired) electrons. The minimum Gasteiger partial charge on any atom is -0.372 e. The zero-order chi connectivity index (χ0) is 14.3. The maximum absolute atomic E-state index is 5.75. The lowest BCUT2D eigenvalue weighted by molar-refractivity contribution is -0.0279. The van der Waals surface area contributed by atoms with E-state index in [9.17, 15) is 0 Å². The molecule has 1 aromatic heterocycles. The van der Waals surface area contributed by atoms with Crippen molar-refractivity contribution in [3.05, 3.63) is 16.5 Å². The first-order chi connectivity index (χ1) is 8.67. The normalized spacial score (nSPS) is 19.6. The van der Waals surface area contributed by atoms with Gasteiger partial charge in [-0.15, -0.1) is 0 Å². The topological polar surface area (TPSA) is 38.2 Å². The third kappa shape index (κ3) is 3.66. The lowest BCUT2D eigenvalue weighted by Gasteiger charge is -2.39. The monoisotopic (exact) mass is 327 g/mol. The van der Waals surface area contributed by atoms with Gasteiger partial charge in [-0.2, -0.15) is 0 Å². The highest BCUT2D eigenvalue weighted by Gasteiger charge is 2.29. The van der Waals surface area contributed by atoms with E-state index in [-0.39, 0.29) is 11.0 Å². The molecule has 1 saturated heterocycles. The Balaban J connectivity index is 2.32. The third-order valence-electron chi connectivity index (χ3n) is 3.10. The smallest absolute Gasteiger partial charge is 0.137 e. The number of anilines is 1. The largest absolute Gasteiger partial charge is 0.372 e. The maximum Gasteiger partial charge on any atom is 0.137 e. The standard InChI is InChI=1S/C14H22BrN3O/c1-13(2,3)12-16-10(15)8-11(17-12)18-6-7-19-14(4,5)9-18/h8H,6-7,9H2,1-5H3. The molecule has 0 unspecified atom stereocenters. The fourth-order valence-corrected chi connectivity index (χ4v) is 2.49. The Morgan fingerprint density at radius 2 is 2.00 bits per heavy atom. The van der Waals surface area contributed by atoms with Gasteiger partial charge in [0.05, 0.1) is 12.2 Å².